The van der Waals surface area contributed by atoms with Crippen molar-refractivity contribution in [1.29, 1.82) is 5.26 Å². The molecule has 0 saturated carbocycles. The SMILES string of the molecule is N#C/C(=C\c1ccccc1OCc1ccc(Cl)cc1Cl)C(=O)Nc1ccccc1Cl. The summed E-state index contributed by atoms with van der Waals surface area (Å²) in [6.45, 7) is 0.203. The first kappa shape index (κ1) is 21.7. The van der Waals surface area contributed by atoms with E-state index in [2.05, 4.69) is 5.32 Å². The summed E-state index contributed by atoms with van der Waals surface area (Å²) in [7, 11) is 0. The zero-order valence-corrected chi connectivity index (χ0v) is 17.8. The lowest BCUT2D eigenvalue weighted by atomic mass is 10.1. The fourth-order valence-corrected chi connectivity index (χ4v) is 3.23. The van der Waals surface area contributed by atoms with Crippen molar-refractivity contribution >= 4 is 52.5 Å². The average Bonchev–Trinajstić information content (AvgIpc) is 2.73. The van der Waals surface area contributed by atoms with E-state index in [9.17, 15) is 10.1 Å². The summed E-state index contributed by atoms with van der Waals surface area (Å²) in [5, 5.41) is 13.5. The Balaban J connectivity index is 1.81. The lowest BCUT2D eigenvalue weighted by Gasteiger charge is -2.11. The number of ether oxygens (including phenoxy) is 1. The molecular weight excluding hydrogens is 443 g/mol. The predicted molar refractivity (Wildman–Crippen MR) is 121 cm³/mol. The number of para-hydroxylation sites is 2. The number of nitrogens with one attached hydrogen (secondary N) is 1. The van der Waals surface area contributed by atoms with Crippen molar-refractivity contribution in [2.75, 3.05) is 5.32 Å². The van der Waals surface area contributed by atoms with Gasteiger partial charge in [0, 0.05) is 21.2 Å². The summed E-state index contributed by atoms with van der Waals surface area (Å²) < 4.78 is 5.87. The number of amides is 1. The zero-order chi connectivity index (χ0) is 21.5. The number of hydrogen-bond donors (Lipinski definition) is 1. The third-order valence-electron chi connectivity index (χ3n) is 4.10. The summed E-state index contributed by atoms with van der Waals surface area (Å²) in [4.78, 5) is 12.5. The molecule has 3 aromatic rings. The van der Waals surface area contributed by atoms with Crippen molar-refractivity contribution in [3.05, 3.63) is 98.5 Å². The van der Waals surface area contributed by atoms with Crippen LogP contribution in [0.5, 0.6) is 5.75 Å². The molecule has 1 amide bonds. The van der Waals surface area contributed by atoms with Gasteiger partial charge in [0.15, 0.2) is 0 Å². The van der Waals surface area contributed by atoms with Crippen LogP contribution in [0.1, 0.15) is 11.1 Å². The molecule has 0 bridgehead atoms. The van der Waals surface area contributed by atoms with Crippen molar-refractivity contribution in [1.82, 2.24) is 0 Å². The normalized spacial score (nSPS) is 10.9. The quantitative estimate of drug-likeness (QED) is 0.328. The Bertz CT molecular complexity index is 1150. The number of hydrogen-bond acceptors (Lipinski definition) is 3. The predicted octanol–water partition coefficient (Wildman–Crippen LogP) is 6.77. The zero-order valence-electron chi connectivity index (χ0n) is 15.5. The van der Waals surface area contributed by atoms with E-state index in [0.29, 0.717) is 32.1 Å². The van der Waals surface area contributed by atoms with E-state index in [4.69, 9.17) is 39.5 Å². The average molecular weight is 458 g/mol. The number of nitrogens with zero attached hydrogens (tertiary/aromatic N) is 1. The molecule has 0 heterocycles. The fourth-order valence-electron chi connectivity index (χ4n) is 2.58. The van der Waals surface area contributed by atoms with Gasteiger partial charge in [-0.05, 0) is 36.4 Å². The number of anilines is 1. The van der Waals surface area contributed by atoms with Gasteiger partial charge in [0.1, 0.15) is 24.0 Å². The number of carbonyl (C=O) groups is 1. The highest BCUT2D eigenvalue weighted by atomic mass is 35.5. The van der Waals surface area contributed by atoms with E-state index in [1.54, 1.807) is 66.7 Å². The van der Waals surface area contributed by atoms with Crippen LogP contribution in [0.25, 0.3) is 6.08 Å². The second-order valence-corrected chi connectivity index (χ2v) is 7.42. The summed E-state index contributed by atoms with van der Waals surface area (Å²) >= 11 is 18.2. The van der Waals surface area contributed by atoms with Crippen LogP contribution in [0.3, 0.4) is 0 Å². The highest BCUT2D eigenvalue weighted by molar-refractivity contribution is 6.35. The van der Waals surface area contributed by atoms with E-state index in [0.717, 1.165) is 5.56 Å². The van der Waals surface area contributed by atoms with Crippen LogP contribution >= 0.6 is 34.8 Å². The minimum atomic E-state index is -0.568. The maximum atomic E-state index is 12.5. The molecule has 0 aliphatic heterocycles. The maximum absolute atomic E-state index is 12.5. The van der Waals surface area contributed by atoms with Crippen molar-refractivity contribution in [2.24, 2.45) is 0 Å². The first-order valence-corrected chi connectivity index (χ1v) is 9.95. The third-order valence-corrected chi connectivity index (χ3v) is 5.02. The Morgan fingerprint density at radius 2 is 1.73 bits per heavy atom. The minimum Gasteiger partial charge on any atom is -0.488 e. The molecule has 0 aromatic heterocycles. The minimum absolute atomic E-state index is 0.0875. The van der Waals surface area contributed by atoms with Gasteiger partial charge in [0.2, 0.25) is 0 Å². The fraction of sp³-hybridized carbons (Fsp3) is 0.0435. The van der Waals surface area contributed by atoms with Crippen molar-refractivity contribution in [3.8, 4) is 11.8 Å². The van der Waals surface area contributed by atoms with Gasteiger partial charge < -0.3 is 10.1 Å². The first-order chi connectivity index (χ1) is 14.5. The van der Waals surface area contributed by atoms with E-state index in [1.807, 2.05) is 6.07 Å². The number of nitriles is 1. The van der Waals surface area contributed by atoms with Gasteiger partial charge in [-0.3, -0.25) is 4.79 Å². The van der Waals surface area contributed by atoms with Crippen molar-refractivity contribution in [3.63, 3.8) is 0 Å². The molecule has 4 nitrogen and oxygen atoms in total. The lowest BCUT2D eigenvalue weighted by molar-refractivity contribution is -0.112. The van der Waals surface area contributed by atoms with E-state index >= 15 is 0 Å². The summed E-state index contributed by atoms with van der Waals surface area (Å²) in [6, 6.07) is 20.9. The van der Waals surface area contributed by atoms with E-state index in [1.165, 1.54) is 6.08 Å². The maximum Gasteiger partial charge on any atom is 0.266 e. The van der Waals surface area contributed by atoms with Gasteiger partial charge in [0.05, 0.1) is 10.7 Å². The molecule has 0 aliphatic rings. The van der Waals surface area contributed by atoms with Crippen molar-refractivity contribution in [2.45, 2.75) is 6.61 Å². The molecule has 3 rings (SSSR count). The Morgan fingerprint density at radius 3 is 2.47 bits per heavy atom. The molecule has 150 valence electrons. The smallest absolute Gasteiger partial charge is 0.266 e. The monoisotopic (exact) mass is 456 g/mol. The number of benzene rings is 3. The number of halogens is 3. The first-order valence-electron chi connectivity index (χ1n) is 8.81. The van der Waals surface area contributed by atoms with Gasteiger partial charge >= 0.3 is 0 Å². The van der Waals surface area contributed by atoms with Gasteiger partial charge in [-0.25, -0.2) is 0 Å². The molecule has 0 radical (unpaired) electrons. The van der Waals surface area contributed by atoms with Crippen LogP contribution in [0.15, 0.2) is 72.3 Å². The number of carbonyl (C=O) groups excluding carboxylic acids is 1. The van der Waals surface area contributed by atoms with Crippen LogP contribution < -0.4 is 10.1 Å². The van der Waals surface area contributed by atoms with Crippen LogP contribution in [0, 0.1) is 11.3 Å². The lowest BCUT2D eigenvalue weighted by Crippen LogP contribution is -2.13. The molecular formula is C23H15Cl3N2O2. The summed E-state index contributed by atoms with van der Waals surface area (Å²) in [6.07, 6.45) is 1.46. The Kier molecular flexibility index (Phi) is 7.37. The summed E-state index contributed by atoms with van der Waals surface area (Å²) in [5.41, 5.74) is 1.67. The molecule has 30 heavy (non-hydrogen) atoms. The van der Waals surface area contributed by atoms with E-state index in [-0.39, 0.29) is 12.2 Å². The Hall–Kier alpha value is -2.97. The Labute approximate surface area is 189 Å². The summed E-state index contributed by atoms with van der Waals surface area (Å²) in [5.74, 6) is -0.0667. The second kappa shape index (κ2) is 10.2. The highest BCUT2D eigenvalue weighted by Gasteiger charge is 2.13. The highest BCUT2D eigenvalue weighted by Crippen LogP contribution is 2.26. The van der Waals surface area contributed by atoms with Crippen LogP contribution in [0.2, 0.25) is 15.1 Å². The molecule has 0 unspecified atom stereocenters. The molecule has 0 spiro atoms. The van der Waals surface area contributed by atoms with Gasteiger partial charge in [-0.2, -0.15) is 5.26 Å². The molecule has 7 heteroatoms. The van der Waals surface area contributed by atoms with Crippen LogP contribution in [0.4, 0.5) is 5.69 Å². The molecule has 0 atom stereocenters. The second-order valence-electron chi connectivity index (χ2n) is 6.17. The standard InChI is InChI=1S/C23H15Cl3N2O2/c24-18-10-9-16(20(26)12-18)14-30-22-8-4-1-5-15(22)11-17(13-27)23(29)28-21-7-3-2-6-19(21)25/h1-12H,14H2,(H,28,29)/b17-11+. The molecule has 3 aromatic carbocycles. The molecule has 0 saturated heterocycles. The molecule has 1 N–H and O–H groups in total. The topological polar surface area (TPSA) is 62.1 Å². The van der Waals surface area contributed by atoms with E-state index < -0.39 is 5.91 Å². The third kappa shape index (κ3) is 5.55. The molecule has 0 aliphatic carbocycles. The van der Waals surface area contributed by atoms with Gasteiger partial charge in [0.25, 0.3) is 5.91 Å². The molecule has 0 fully saturated rings. The largest absolute Gasteiger partial charge is 0.488 e. The Morgan fingerprint density at radius 1 is 1.00 bits per heavy atom. The van der Waals surface area contributed by atoms with Gasteiger partial charge in [-0.1, -0.05) is 71.2 Å². The van der Waals surface area contributed by atoms with Crippen LogP contribution in [-0.2, 0) is 11.4 Å². The van der Waals surface area contributed by atoms with Crippen molar-refractivity contribution < 1.29 is 9.53 Å². The number of rotatable bonds is 6. The van der Waals surface area contributed by atoms with Crippen LogP contribution in [-0.4, -0.2) is 5.91 Å². The van der Waals surface area contributed by atoms with Gasteiger partial charge in [-0.15, -0.1) is 0 Å².